The number of nitrogens with zero attached hydrogens (tertiary/aromatic N) is 1. The summed E-state index contributed by atoms with van der Waals surface area (Å²) >= 11 is 6.06. The molecule has 1 unspecified atom stereocenters. The topological polar surface area (TPSA) is 49.8 Å². The van der Waals surface area contributed by atoms with E-state index >= 15 is 0 Å². The molecule has 0 bridgehead atoms. The molecule has 1 heterocycles. The molecule has 0 aromatic heterocycles. The second kappa shape index (κ2) is 9.17. The second-order valence-corrected chi connectivity index (χ2v) is 7.08. The average molecular weight is 374 g/mol. The van der Waals surface area contributed by atoms with Crippen molar-refractivity contribution < 1.29 is 14.6 Å². The van der Waals surface area contributed by atoms with E-state index in [0.29, 0.717) is 13.2 Å². The van der Waals surface area contributed by atoms with Crippen LogP contribution in [0.15, 0.2) is 48.5 Å². The van der Waals surface area contributed by atoms with Gasteiger partial charge in [0.05, 0.1) is 13.0 Å². The Labute approximate surface area is 159 Å². The van der Waals surface area contributed by atoms with Crippen molar-refractivity contribution in [3.05, 3.63) is 59.1 Å². The average Bonchev–Trinajstić information content (AvgIpc) is 2.66. The predicted molar refractivity (Wildman–Crippen MR) is 103 cm³/mol. The standard InChI is InChI=1S/C21H24ClNO3/c22-19-5-3-4-18(14-19)17-9-7-16(8-10-17)15-26-20-6-1-2-12-23(20)13-11-21(24)25/h3-5,7-10,14,20H,1-2,6,11-13,15H2,(H,24,25). The van der Waals surface area contributed by atoms with Crippen molar-refractivity contribution in [3.63, 3.8) is 0 Å². The van der Waals surface area contributed by atoms with Gasteiger partial charge in [-0.2, -0.15) is 0 Å². The molecule has 138 valence electrons. The van der Waals surface area contributed by atoms with Crippen LogP contribution in [0.5, 0.6) is 0 Å². The number of halogens is 1. The molecule has 1 aliphatic heterocycles. The van der Waals surface area contributed by atoms with Crippen LogP contribution in [0.4, 0.5) is 0 Å². The number of rotatable bonds is 7. The maximum absolute atomic E-state index is 10.8. The molecule has 0 saturated carbocycles. The zero-order valence-corrected chi connectivity index (χ0v) is 15.5. The summed E-state index contributed by atoms with van der Waals surface area (Å²) in [6, 6.07) is 16.1. The third-order valence-corrected chi connectivity index (χ3v) is 4.96. The Morgan fingerprint density at radius 3 is 2.69 bits per heavy atom. The number of carboxylic acids is 1. The van der Waals surface area contributed by atoms with Crippen LogP contribution in [0.3, 0.4) is 0 Å². The number of benzene rings is 2. The summed E-state index contributed by atoms with van der Waals surface area (Å²) in [5.41, 5.74) is 3.33. The number of piperidine rings is 1. The lowest BCUT2D eigenvalue weighted by Gasteiger charge is -2.35. The minimum Gasteiger partial charge on any atom is -0.481 e. The van der Waals surface area contributed by atoms with Gasteiger partial charge in [-0.05, 0) is 48.1 Å². The molecule has 26 heavy (non-hydrogen) atoms. The summed E-state index contributed by atoms with van der Waals surface area (Å²) in [5, 5.41) is 9.63. The first-order chi connectivity index (χ1) is 12.6. The summed E-state index contributed by atoms with van der Waals surface area (Å²) in [7, 11) is 0. The highest BCUT2D eigenvalue weighted by Crippen LogP contribution is 2.24. The van der Waals surface area contributed by atoms with E-state index < -0.39 is 5.97 Å². The van der Waals surface area contributed by atoms with Gasteiger partial charge in [0.1, 0.15) is 6.23 Å². The Bertz CT molecular complexity index is 732. The third-order valence-electron chi connectivity index (χ3n) is 4.72. The monoisotopic (exact) mass is 373 g/mol. The number of carboxylic acid groups (broad SMARTS) is 1. The molecule has 1 aliphatic rings. The lowest BCUT2D eigenvalue weighted by atomic mass is 10.0. The van der Waals surface area contributed by atoms with E-state index in [2.05, 4.69) is 29.2 Å². The molecule has 1 saturated heterocycles. The summed E-state index contributed by atoms with van der Waals surface area (Å²) in [6.07, 6.45) is 3.36. The zero-order valence-electron chi connectivity index (χ0n) is 14.7. The number of hydrogen-bond donors (Lipinski definition) is 1. The highest BCUT2D eigenvalue weighted by Gasteiger charge is 2.23. The number of aliphatic carboxylic acids is 1. The molecule has 2 aromatic carbocycles. The van der Waals surface area contributed by atoms with Gasteiger partial charge in [-0.15, -0.1) is 0 Å². The van der Waals surface area contributed by atoms with Gasteiger partial charge in [0, 0.05) is 18.1 Å². The van der Waals surface area contributed by atoms with Gasteiger partial charge in [-0.1, -0.05) is 48.0 Å². The molecule has 1 N–H and O–H groups in total. The van der Waals surface area contributed by atoms with Crippen molar-refractivity contribution >= 4 is 17.6 Å². The van der Waals surface area contributed by atoms with Crippen LogP contribution in [-0.2, 0) is 16.1 Å². The second-order valence-electron chi connectivity index (χ2n) is 6.65. The third kappa shape index (κ3) is 5.31. The maximum atomic E-state index is 10.8. The quantitative estimate of drug-likeness (QED) is 0.756. The number of carbonyl (C=O) groups is 1. The van der Waals surface area contributed by atoms with E-state index in [1.165, 1.54) is 0 Å². The Hall–Kier alpha value is -1.88. The highest BCUT2D eigenvalue weighted by molar-refractivity contribution is 6.30. The molecule has 4 nitrogen and oxygen atoms in total. The van der Waals surface area contributed by atoms with E-state index in [4.69, 9.17) is 21.4 Å². The number of ether oxygens (including phenoxy) is 1. The summed E-state index contributed by atoms with van der Waals surface area (Å²) in [4.78, 5) is 13.0. The van der Waals surface area contributed by atoms with E-state index in [0.717, 1.165) is 47.5 Å². The van der Waals surface area contributed by atoms with E-state index in [1.807, 2.05) is 24.3 Å². The van der Waals surface area contributed by atoms with Gasteiger partial charge in [-0.3, -0.25) is 9.69 Å². The Balaban J connectivity index is 1.57. The lowest BCUT2D eigenvalue weighted by molar-refractivity contribution is -0.139. The Morgan fingerprint density at radius 1 is 1.15 bits per heavy atom. The Kier molecular flexibility index (Phi) is 6.67. The maximum Gasteiger partial charge on any atom is 0.304 e. The van der Waals surface area contributed by atoms with Crippen LogP contribution in [0, 0.1) is 0 Å². The van der Waals surface area contributed by atoms with Crippen LogP contribution in [-0.4, -0.2) is 35.3 Å². The van der Waals surface area contributed by atoms with Crippen molar-refractivity contribution in [1.82, 2.24) is 4.90 Å². The first kappa shape index (κ1) is 18.9. The van der Waals surface area contributed by atoms with Crippen molar-refractivity contribution in [1.29, 1.82) is 0 Å². The van der Waals surface area contributed by atoms with Crippen LogP contribution >= 0.6 is 11.6 Å². The summed E-state index contributed by atoms with van der Waals surface area (Å²) < 4.78 is 6.09. The fraction of sp³-hybridized carbons (Fsp3) is 0.381. The molecular weight excluding hydrogens is 350 g/mol. The highest BCUT2D eigenvalue weighted by atomic mass is 35.5. The normalized spacial score (nSPS) is 18.0. The largest absolute Gasteiger partial charge is 0.481 e. The van der Waals surface area contributed by atoms with Gasteiger partial charge in [-0.25, -0.2) is 0 Å². The first-order valence-electron chi connectivity index (χ1n) is 9.04. The van der Waals surface area contributed by atoms with E-state index in [1.54, 1.807) is 0 Å². The number of hydrogen-bond acceptors (Lipinski definition) is 3. The van der Waals surface area contributed by atoms with Crippen molar-refractivity contribution in [2.45, 2.75) is 38.5 Å². The molecule has 0 spiro atoms. The van der Waals surface area contributed by atoms with E-state index in [9.17, 15) is 4.79 Å². The van der Waals surface area contributed by atoms with Crippen LogP contribution in [0.2, 0.25) is 5.02 Å². The molecular formula is C21H24ClNO3. The predicted octanol–water partition coefficient (Wildman–Crippen LogP) is 4.81. The van der Waals surface area contributed by atoms with Gasteiger partial charge in [0.15, 0.2) is 0 Å². The summed E-state index contributed by atoms with van der Waals surface area (Å²) in [5.74, 6) is -0.758. The summed E-state index contributed by atoms with van der Waals surface area (Å²) in [6.45, 7) is 1.99. The first-order valence-corrected chi connectivity index (χ1v) is 9.42. The van der Waals surface area contributed by atoms with Crippen molar-refractivity contribution in [2.75, 3.05) is 13.1 Å². The Morgan fingerprint density at radius 2 is 1.96 bits per heavy atom. The van der Waals surface area contributed by atoms with Crippen LogP contribution in [0.25, 0.3) is 11.1 Å². The molecule has 1 atom stereocenters. The van der Waals surface area contributed by atoms with Gasteiger partial charge in [0.2, 0.25) is 0 Å². The fourth-order valence-corrected chi connectivity index (χ4v) is 3.49. The molecule has 5 heteroatoms. The van der Waals surface area contributed by atoms with Crippen molar-refractivity contribution in [3.8, 4) is 11.1 Å². The minimum absolute atomic E-state index is 0.00991. The minimum atomic E-state index is -0.758. The molecule has 1 fully saturated rings. The smallest absolute Gasteiger partial charge is 0.304 e. The fourth-order valence-electron chi connectivity index (χ4n) is 3.30. The van der Waals surface area contributed by atoms with Gasteiger partial charge >= 0.3 is 5.97 Å². The zero-order chi connectivity index (χ0) is 18.4. The molecule has 0 radical (unpaired) electrons. The number of likely N-dealkylation sites (tertiary alicyclic amines) is 1. The van der Waals surface area contributed by atoms with Crippen LogP contribution in [0.1, 0.15) is 31.2 Å². The molecule has 0 aliphatic carbocycles. The molecule has 3 rings (SSSR count). The SMILES string of the molecule is O=C(O)CCN1CCCCC1OCc1ccc(-c2cccc(Cl)c2)cc1. The van der Waals surface area contributed by atoms with Gasteiger partial charge in [0.25, 0.3) is 0 Å². The van der Waals surface area contributed by atoms with Crippen molar-refractivity contribution in [2.24, 2.45) is 0 Å². The molecule has 0 amide bonds. The molecule has 2 aromatic rings. The lowest BCUT2D eigenvalue weighted by Crippen LogP contribution is -2.42. The van der Waals surface area contributed by atoms with Crippen LogP contribution < -0.4 is 0 Å². The van der Waals surface area contributed by atoms with Gasteiger partial charge < -0.3 is 9.84 Å². The van der Waals surface area contributed by atoms with E-state index in [-0.39, 0.29) is 12.6 Å².